The number of hydrogen-bond donors (Lipinski definition) is 1. The van der Waals surface area contributed by atoms with Crippen LogP contribution in [0.1, 0.15) is 18.4 Å². The van der Waals surface area contributed by atoms with Crippen molar-refractivity contribution in [2.75, 3.05) is 26.7 Å². The van der Waals surface area contributed by atoms with Crippen LogP contribution in [0.2, 0.25) is 0 Å². The van der Waals surface area contributed by atoms with Crippen LogP contribution in [0.5, 0.6) is 0 Å². The maximum atomic E-state index is 11.1. The van der Waals surface area contributed by atoms with Gasteiger partial charge in [-0.2, -0.15) is 0 Å². The highest BCUT2D eigenvalue weighted by Crippen LogP contribution is 2.17. The van der Waals surface area contributed by atoms with Crippen LogP contribution in [-0.4, -0.2) is 53.6 Å². The van der Waals surface area contributed by atoms with E-state index in [4.69, 9.17) is 5.11 Å². The standard InChI is InChI=1S/C15H22N2O2/c1-16-9-5-8-14(11-16)17(12-15(18)19)10-13-6-3-2-4-7-13/h2-4,6-7,14H,5,8-12H2,1H3,(H,18,19). The lowest BCUT2D eigenvalue weighted by molar-refractivity contribution is -0.139. The summed E-state index contributed by atoms with van der Waals surface area (Å²) >= 11 is 0. The molecule has 0 saturated carbocycles. The Bertz CT molecular complexity index is 408. The Hall–Kier alpha value is -1.39. The Morgan fingerprint density at radius 1 is 1.42 bits per heavy atom. The van der Waals surface area contributed by atoms with E-state index in [0.29, 0.717) is 12.6 Å². The van der Waals surface area contributed by atoms with Gasteiger partial charge in [-0.05, 0) is 32.0 Å². The van der Waals surface area contributed by atoms with Crippen LogP contribution in [0.25, 0.3) is 0 Å². The van der Waals surface area contributed by atoms with Crippen LogP contribution in [0, 0.1) is 0 Å². The summed E-state index contributed by atoms with van der Waals surface area (Å²) < 4.78 is 0. The largest absolute Gasteiger partial charge is 0.480 e. The van der Waals surface area contributed by atoms with Gasteiger partial charge in [0.1, 0.15) is 0 Å². The van der Waals surface area contributed by atoms with Crippen LogP contribution < -0.4 is 0 Å². The van der Waals surface area contributed by atoms with Gasteiger partial charge in [-0.3, -0.25) is 9.69 Å². The molecule has 19 heavy (non-hydrogen) atoms. The van der Waals surface area contributed by atoms with Gasteiger partial charge in [-0.15, -0.1) is 0 Å². The summed E-state index contributed by atoms with van der Waals surface area (Å²) in [5.41, 5.74) is 1.18. The van der Waals surface area contributed by atoms with Gasteiger partial charge in [0.25, 0.3) is 0 Å². The van der Waals surface area contributed by atoms with Crippen molar-refractivity contribution in [3.05, 3.63) is 35.9 Å². The zero-order valence-electron chi connectivity index (χ0n) is 11.5. The molecule has 1 N–H and O–H groups in total. The average molecular weight is 262 g/mol. The van der Waals surface area contributed by atoms with Crippen molar-refractivity contribution in [2.24, 2.45) is 0 Å². The molecule has 0 aromatic heterocycles. The first-order valence-electron chi connectivity index (χ1n) is 6.83. The molecule has 1 aromatic carbocycles. The maximum Gasteiger partial charge on any atom is 0.317 e. The number of likely N-dealkylation sites (tertiary alicyclic amines) is 1. The Balaban J connectivity index is 2.04. The molecule has 1 saturated heterocycles. The van der Waals surface area contributed by atoms with Crippen molar-refractivity contribution in [3.63, 3.8) is 0 Å². The highest BCUT2D eigenvalue weighted by Gasteiger charge is 2.25. The van der Waals surface area contributed by atoms with E-state index >= 15 is 0 Å². The number of carboxylic acid groups (broad SMARTS) is 1. The quantitative estimate of drug-likeness (QED) is 0.876. The minimum atomic E-state index is -0.746. The Labute approximate surface area is 114 Å². The minimum absolute atomic E-state index is 0.118. The number of benzene rings is 1. The molecule has 1 aromatic rings. The second-order valence-electron chi connectivity index (χ2n) is 5.34. The smallest absolute Gasteiger partial charge is 0.317 e. The first-order chi connectivity index (χ1) is 9.15. The molecule has 0 bridgehead atoms. The minimum Gasteiger partial charge on any atom is -0.480 e. The number of rotatable bonds is 5. The van der Waals surface area contributed by atoms with Crippen LogP contribution in [0.3, 0.4) is 0 Å². The molecular formula is C15H22N2O2. The molecule has 1 aliphatic heterocycles. The normalized spacial score (nSPS) is 20.6. The van der Waals surface area contributed by atoms with E-state index in [1.165, 1.54) is 5.56 Å². The third-order valence-electron chi connectivity index (χ3n) is 3.68. The molecule has 0 aliphatic carbocycles. The maximum absolute atomic E-state index is 11.1. The molecule has 2 rings (SSSR count). The van der Waals surface area contributed by atoms with Gasteiger partial charge >= 0.3 is 5.97 Å². The lowest BCUT2D eigenvalue weighted by Crippen LogP contribution is -2.47. The van der Waals surface area contributed by atoms with Gasteiger partial charge < -0.3 is 10.0 Å². The van der Waals surface area contributed by atoms with Crippen molar-refractivity contribution < 1.29 is 9.90 Å². The summed E-state index contributed by atoms with van der Waals surface area (Å²) in [6.07, 6.45) is 2.23. The molecule has 1 atom stereocenters. The summed E-state index contributed by atoms with van der Waals surface area (Å²) in [7, 11) is 2.10. The summed E-state index contributed by atoms with van der Waals surface area (Å²) in [4.78, 5) is 15.4. The van der Waals surface area contributed by atoms with E-state index in [1.54, 1.807) is 0 Å². The second kappa shape index (κ2) is 6.68. The number of carboxylic acids is 1. The molecule has 104 valence electrons. The summed E-state index contributed by atoms with van der Waals surface area (Å²) in [5.74, 6) is -0.746. The number of hydrogen-bond acceptors (Lipinski definition) is 3. The molecule has 0 amide bonds. The third kappa shape index (κ3) is 4.33. The Kier molecular flexibility index (Phi) is 4.93. The average Bonchev–Trinajstić information content (AvgIpc) is 2.39. The van der Waals surface area contributed by atoms with E-state index in [-0.39, 0.29) is 6.54 Å². The third-order valence-corrected chi connectivity index (χ3v) is 3.68. The first-order valence-corrected chi connectivity index (χ1v) is 6.83. The fraction of sp³-hybridized carbons (Fsp3) is 0.533. The summed E-state index contributed by atoms with van der Waals surface area (Å²) in [5, 5.41) is 9.10. The van der Waals surface area contributed by atoms with Crippen LogP contribution in [0.4, 0.5) is 0 Å². The Morgan fingerprint density at radius 2 is 2.16 bits per heavy atom. The topological polar surface area (TPSA) is 43.8 Å². The molecule has 1 fully saturated rings. The molecule has 1 unspecified atom stereocenters. The predicted octanol–water partition coefficient (Wildman–Crippen LogP) is 1.67. The number of nitrogens with zero attached hydrogens (tertiary/aromatic N) is 2. The predicted molar refractivity (Wildman–Crippen MR) is 75.0 cm³/mol. The van der Waals surface area contributed by atoms with Crippen molar-refractivity contribution in [1.29, 1.82) is 0 Å². The fourth-order valence-corrected chi connectivity index (χ4v) is 2.74. The van der Waals surface area contributed by atoms with Gasteiger partial charge in [-0.1, -0.05) is 30.3 Å². The zero-order chi connectivity index (χ0) is 13.7. The van der Waals surface area contributed by atoms with Gasteiger partial charge in [-0.25, -0.2) is 0 Å². The molecular weight excluding hydrogens is 240 g/mol. The van der Waals surface area contributed by atoms with Crippen molar-refractivity contribution in [3.8, 4) is 0 Å². The van der Waals surface area contributed by atoms with Crippen LogP contribution in [0.15, 0.2) is 30.3 Å². The zero-order valence-corrected chi connectivity index (χ0v) is 11.5. The van der Waals surface area contributed by atoms with Crippen molar-refractivity contribution in [2.45, 2.75) is 25.4 Å². The highest BCUT2D eigenvalue weighted by molar-refractivity contribution is 5.69. The van der Waals surface area contributed by atoms with Crippen LogP contribution in [-0.2, 0) is 11.3 Å². The fourth-order valence-electron chi connectivity index (χ4n) is 2.74. The van der Waals surface area contributed by atoms with Gasteiger partial charge in [0, 0.05) is 19.1 Å². The molecule has 4 heteroatoms. The summed E-state index contributed by atoms with van der Waals surface area (Å²) in [6, 6.07) is 10.4. The van der Waals surface area contributed by atoms with E-state index in [0.717, 1.165) is 25.9 Å². The van der Waals surface area contributed by atoms with E-state index in [2.05, 4.69) is 29.0 Å². The van der Waals surface area contributed by atoms with Crippen LogP contribution >= 0.6 is 0 Å². The lowest BCUT2D eigenvalue weighted by Gasteiger charge is -2.37. The monoisotopic (exact) mass is 262 g/mol. The molecule has 1 aliphatic rings. The Morgan fingerprint density at radius 3 is 2.79 bits per heavy atom. The number of carbonyl (C=O) groups is 1. The second-order valence-corrected chi connectivity index (χ2v) is 5.34. The van der Waals surface area contributed by atoms with E-state index in [9.17, 15) is 4.79 Å². The first kappa shape index (κ1) is 14.0. The number of likely N-dealkylation sites (N-methyl/N-ethyl adjacent to an activating group) is 1. The van der Waals surface area contributed by atoms with E-state index in [1.807, 2.05) is 18.2 Å². The highest BCUT2D eigenvalue weighted by atomic mass is 16.4. The molecule has 0 radical (unpaired) electrons. The van der Waals surface area contributed by atoms with E-state index < -0.39 is 5.97 Å². The summed E-state index contributed by atoms with van der Waals surface area (Å²) in [6.45, 7) is 2.90. The SMILES string of the molecule is CN1CCCC(N(CC(=O)O)Cc2ccccc2)C1. The number of aliphatic carboxylic acids is 1. The van der Waals surface area contributed by atoms with Gasteiger partial charge in [0.2, 0.25) is 0 Å². The molecule has 4 nitrogen and oxygen atoms in total. The molecule has 0 spiro atoms. The lowest BCUT2D eigenvalue weighted by atomic mass is 10.0. The van der Waals surface area contributed by atoms with Gasteiger partial charge in [0.05, 0.1) is 6.54 Å². The van der Waals surface area contributed by atoms with Crippen molar-refractivity contribution in [1.82, 2.24) is 9.80 Å². The number of piperidine rings is 1. The van der Waals surface area contributed by atoms with Crippen molar-refractivity contribution >= 4 is 5.97 Å². The van der Waals surface area contributed by atoms with Gasteiger partial charge in [0.15, 0.2) is 0 Å². The molecule has 1 heterocycles.